The summed E-state index contributed by atoms with van der Waals surface area (Å²) in [4.78, 5) is 6.97. The van der Waals surface area contributed by atoms with Crippen LogP contribution in [0, 0.1) is 0 Å². The molecule has 6 nitrogen and oxygen atoms in total. The molecule has 0 saturated carbocycles. The van der Waals surface area contributed by atoms with Crippen LogP contribution in [0.5, 0.6) is 0 Å². The molecular formula is C18H25N3O3S. The van der Waals surface area contributed by atoms with E-state index in [-0.39, 0.29) is 0 Å². The fourth-order valence-corrected chi connectivity index (χ4v) is 4.60. The van der Waals surface area contributed by atoms with Gasteiger partial charge in [0.1, 0.15) is 0 Å². The Morgan fingerprint density at radius 3 is 2.84 bits per heavy atom. The van der Waals surface area contributed by atoms with Crippen LogP contribution < -0.4 is 4.72 Å². The first kappa shape index (κ1) is 18.3. The fraction of sp³-hybridized carbons (Fsp3) is 0.500. The lowest BCUT2D eigenvalue weighted by Crippen LogP contribution is -2.50. The van der Waals surface area contributed by atoms with Crippen LogP contribution in [0.2, 0.25) is 0 Å². The van der Waals surface area contributed by atoms with Crippen LogP contribution in [0.25, 0.3) is 10.9 Å². The maximum Gasteiger partial charge on any atom is 0.209 e. The zero-order chi connectivity index (χ0) is 17.9. The highest BCUT2D eigenvalue weighted by molar-refractivity contribution is 7.88. The monoisotopic (exact) mass is 363 g/mol. The Labute approximate surface area is 149 Å². The van der Waals surface area contributed by atoms with E-state index in [1.807, 2.05) is 30.3 Å². The first-order valence-electron chi connectivity index (χ1n) is 8.44. The van der Waals surface area contributed by atoms with Crippen LogP contribution in [0.3, 0.4) is 0 Å². The van der Waals surface area contributed by atoms with E-state index >= 15 is 0 Å². The Kier molecular flexibility index (Phi) is 5.38. The number of nitrogens with zero attached hydrogens (tertiary/aromatic N) is 2. The predicted octanol–water partition coefficient (Wildman–Crippen LogP) is 1.77. The zero-order valence-corrected chi connectivity index (χ0v) is 15.6. The van der Waals surface area contributed by atoms with E-state index in [9.17, 15) is 8.42 Å². The molecule has 0 amide bonds. The molecular weight excluding hydrogens is 338 g/mol. The summed E-state index contributed by atoms with van der Waals surface area (Å²) in [6.45, 7) is 2.74. The van der Waals surface area contributed by atoms with Gasteiger partial charge in [-0.25, -0.2) is 13.1 Å². The van der Waals surface area contributed by atoms with Crippen molar-refractivity contribution in [1.82, 2.24) is 14.6 Å². The molecule has 0 spiro atoms. The first-order chi connectivity index (χ1) is 11.9. The topological polar surface area (TPSA) is 71.5 Å². The van der Waals surface area contributed by atoms with Gasteiger partial charge in [0.15, 0.2) is 0 Å². The Balaban J connectivity index is 1.72. The minimum atomic E-state index is -3.27. The van der Waals surface area contributed by atoms with E-state index in [4.69, 9.17) is 9.72 Å². The molecule has 0 bridgehead atoms. The van der Waals surface area contributed by atoms with Crippen LogP contribution in [0.1, 0.15) is 18.5 Å². The third-order valence-electron chi connectivity index (χ3n) is 4.66. The summed E-state index contributed by atoms with van der Waals surface area (Å²) < 4.78 is 31.6. The number of rotatable bonds is 7. The quantitative estimate of drug-likeness (QED) is 0.812. The lowest BCUT2D eigenvalue weighted by molar-refractivity contribution is 0.161. The summed E-state index contributed by atoms with van der Waals surface area (Å²) in [6, 6.07) is 12.2. The maximum atomic E-state index is 11.8. The van der Waals surface area contributed by atoms with Gasteiger partial charge in [0.25, 0.3) is 0 Å². The van der Waals surface area contributed by atoms with Gasteiger partial charge in [0, 0.05) is 44.3 Å². The predicted molar refractivity (Wildman–Crippen MR) is 98.8 cm³/mol. The minimum absolute atomic E-state index is 0.458. The molecule has 1 fully saturated rings. The summed E-state index contributed by atoms with van der Waals surface area (Å²) in [5, 5.41) is 1.13. The molecule has 1 aromatic carbocycles. The molecule has 1 aliphatic rings. The molecule has 1 unspecified atom stereocenters. The van der Waals surface area contributed by atoms with Crippen molar-refractivity contribution >= 4 is 20.9 Å². The lowest BCUT2D eigenvalue weighted by Gasteiger charge is -2.29. The molecule has 2 aromatic rings. The molecule has 1 atom stereocenters. The average Bonchev–Trinajstić information content (AvgIpc) is 2.94. The van der Waals surface area contributed by atoms with Crippen LogP contribution >= 0.6 is 0 Å². The van der Waals surface area contributed by atoms with Crippen molar-refractivity contribution in [3.05, 3.63) is 42.1 Å². The molecule has 25 heavy (non-hydrogen) atoms. The van der Waals surface area contributed by atoms with Crippen molar-refractivity contribution in [2.24, 2.45) is 0 Å². The number of aromatic nitrogens is 1. The third-order valence-corrected chi connectivity index (χ3v) is 5.46. The number of sulfonamides is 1. The van der Waals surface area contributed by atoms with Crippen molar-refractivity contribution < 1.29 is 13.2 Å². The van der Waals surface area contributed by atoms with Crippen LogP contribution in [-0.2, 0) is 21.3 Å². The Bertz CT molecular complexity index is 840. The SMILES string of the molecule is COCCC1(NS(C)(=O)=O)CCN(Cc2ccc3ccccc3n2)C1. The second kappa shape index (κ2) is 7.37. The van der Waals surface area contributed by atoms with Gasteiger partial charge >= 0.3 is 0 Å². The molecule has 0 radical (unpaired) electrons. The largest absolute Gasteiger partial charge is 0.385 e. The standard InChI is InChI=1S/C18H25N3O3S/c1-24-12-10-18(20-25(2,22)23)9-11-21(14-18)13-16-8-7-15-5-3-4-6-17(15)19-16/h3-8,20H,9-14H2,1-2H3. The van der Waals surface area contributed by atoms with E-state index in [0.717, 1.165) is 29.6 Å². The number of hydrogen-bond donors (Lipinski definition) is 1. The van der Waals surface area contributed by atoms with Crippen molar-refractivity contribution in [2.75, 3.05) is 33.1 Å². The Morgan fingerprint density at radius 2 is 2.08 bits per heavy atom. The number of methoxy groups -OCH3 is 1. The second-order valence-corrected chi connectivity index (χ2v) is 8.60. The normalized spacial score (nSPS) is 21.8. The zero-order valence-electron chi connectivity index (χ0n) is 14.7. The van der Waals surface area contributed by atoms with Gasteiger partial charge in [-0.1, -0.05) is 24.3 Å². The second-order valence-electron chi connectivity index (χ2n) is 6.85. The van der Waals surface area contributed by atoms with E-state index < -0.39 is 15.6 Å². The summed E-state index contributed by atoms with van der Waals surface area (Å²) in [5.41, 5.74) is 1.53. The van der Waals surface area contributed by atoms with Crippen LogP contribution in [0.15, 0.2) is 36.4 Å². The van der Waals surface area contributed by atoms with Gasteiger partial charge in [0.2, 0.25) is 10.0 Å². The van der Waals surface area contributed by atoms with E-state index in [2.05, 4.69) is 15.7 Å². The average molecular weight is 363 g/mol. The summed E-state index contributed by atoms with van der Waals surface area (Å²) in [5.74, 6) is 0. The number of para-hydroxylation sites is 1. The number of hydrogen-bond acceptors (Lipinski definition) is 5. The summed E-state index contributed by atoms with van der Waals surface area (Å²) >= 11 is 0. The minimum Gasteiger partial charge on any atom is -0.385 e. The van der Waals surface area contributed by atoms with Crippen LogP contribution in [0.4, 0.5) is 0 Å². The summed E-state index contributed by atoms with van der Waals surface area (Å²) in [6.07, 6.45) is 2.66. The summed E-state index contributed by atoms with van der Waals surface area (Å²) in [7, 11) is -1.63. The maximum absolute atomic E-state index is 11.8. The molecule has 1 saturated heterocycles. The Hall–Kier alpha value is -1.54. The van der Waals surface area contributed by atoms with Gasteiger partial charge in [0.05, 0.1) is 17.5 Å². The highest BCUT2D eigenvalue weighted by atomic mass is 32.2. The Morgan fingerprint density at radius 1 is 1.28 bits per heavy atom. The third kappa shape index (κ3) is 4.76. The van der Waals surface area contributed by atoms with Crippen molar-refractivity contribution in [1.29, 1.82) is 0 Å². The van der Waals surface area contributed by atoms with Crippen LogP contribution in [-0.4, -0.2) is 56.9 Å². The molecule has 1 aromatic heterocycles. The van der Waals surface area contributed by atoms with E-state index in [1.54, 1.807) is 7.11 Å². The van der Waals surface area contributed by atoms with Gasteiger partial charge < -0.3 is 4.74 Å². The molecule has 1 N–H and O–H groups in total. The fourth-order valence-electron chi connectivity index (χ4n) is 3.55. The smallest absolute Gasteiger partial charge is 0.209 e. The van der Waals surface area contributed by atoms with Crippen molar-refractivity contribution in [3.63, 3.8) is 0 Å². The molecule has 136 valence electrons. The molecule has 1 aliphatic heterocycles. The van der Waals surface area contributed by atoms with Gasteiger partial charge in [-0.2, -0.15) is 0 Å². The number of ether oxygens (including phenoxy) is 1. The van der Waals surface area contributed by atoms with Gasteiger partial charge in [-0.15, -0.1) is 0 Å². The highest BCUT2D eigenvalue weighted by Crippen LogP contribution is 2.27. The van der Waals surface area contributed by atoms with Gasteiger partial charge in [-0.05, 0) is 25.0 Å². The van der Waals surface area contributed by atoms with E-state index in [1.165, 1.54) is 6.26 Å². The number of fused-ring (bicyclic) bond motifs is 1. The molecule has 0 aliphatic carbocycles. The molecule has 3 rings (SSSR count). The number of pyridine rings is 1. The first-order valence-corrected chi connectivity index (χ1v) is 10.3. The van der Waals surface area contributed by atoms with Crippen molar-refractivity contribution in [3.8, 4) is 0 Å². The number of likely N-dealkylation sites (tertiary alicyclic amines) is 1. The van der Waals surface area contributed by atoms with Crippen molar-refractivity contribution in [2.45, 2.75) is 24.9 Å². The molecule has 7 heteroatoms. The lowest BCUT2D eigenvalue weighted by atomic mass is 9.96. The highest BCUT2D eigenvalue weighted by Gasteiger charge is 2.39. The number of nitrogens with one attached hydrogen (secondary N) is 1. The molecule has 2 heterocycles. The van der Waals surface area contributed by atoms with E-state index in [0.29, 0.717) is 26.1 Å². The van der Waals surface area contributed by atoms with Gasteiger partial charge in [-0.3, -0.25) is 9.88 Å². The number of benzene rings is 1.